The highest BCUT2D eigenvalue weighted by Crippen LogP contribution is 2.38. The summed E-state index contributed by atoms with van der Waals surface area (Å²) in [6.45, 7) is 1.58. The molecule has 0 radical (unpaired) electrons. The molecule has 34 heavy (non-hydrogen) atoms. The summed E-state index contributed by atoms with van der Waals surface area (Å²) in [5, 5.41) is 8.04. The van der Waals surface area contributed by atoms with E-state index in [0.29, 0.717) is 17.3 Å². The summed E-state index contributed by atoms with van der Waals surface area (Å²) in [6.07, 6.45) is 7.33. The van der Waals surface area contributed by atoms with Crippen molar-refractivity contribution in [2.75, 3.05) is 18.5 Å². The fraction of sp³-hybridized carbons (Fsp3) is 0.385. The van der Waals surface area contributed by atoms with Crippen LogP contribution < -0.4 is 10.1 Å². The maximum absolute atomic E-state index is 12.7. The largest absolute Gasteiger partial charge is 0.492 e. The van der Waals surface area contributed by atoms with Gasteiger partial charge in [0.1, 0.15) is 12.4 Å². The molecular weight excluding hydrogens is 516 g/mol. The van der Waals surface area contributed by atoms with Gasteiger partial charge in [-0.1, -0.05) is 23.7 Å². The molecule has 5 rings (SSSR count). The Balaban J connectivity index is 1.32. The Bertz CT molecular complexity index is 1140. The fourth-order valence-corrected chi connectivity index (χ4v) is 5.96. The maximum atomic E-state index is 12.7. The molecule has 0 saturated carbocycles. The third-order valence-corrected chi connectivity index (χ3v) is 7.73. The third kappa shape index (κ3) is 5.02. The van der Waals surface area contributed by atoms with Gasteiger partial charge >= 0.3 is 0 Å². The van der Waals surface area contributed by atoms with Gasteiger partial charge in [-0.25, -0.2) is 0 Å². The number of anilines is 1. The Hall–Kier alpha value is -2.35. The predicted molar refractivity (Wildman–Crippen MR) is 138 cm³/mol. The molecule has 2 fully saturated rings. The van der Waals surface area contributed by atoms with Crippen LogP contribution in [0.3, 0.4) is 0 Å². The molecule has 6 nitrogen and oxygen atoms in total. The zero-order valence-electron chi connectivity index (χ0n) is 19.1. The lowest BCUT2D eigenvalue weighted by molar-refractivity contribution is -0.115. The number of carbonyl (C=O) groups is 1. The molecule has 8 heteroatoms. The van der Waals surface area contributed by atoms with Crippen LogP contribution in [0.25, 0.3) is 11.3 Å². The van der Waals surface area contributed by atoms with Gasteiger partial charge in [0.2, 0.25) is 5.91 Å². The standard InChI is InChI=1S/C26H28BrClN4O2/c1-31-26(23(27)16-29-31)22-15-19(30-25(33)14-17-2-4-18(28)5-3-17)6-11-24(22)34-13-12-32-20-7-8-21(32)10-9-20/h2-6,11,15-16,20-21H,7-10,12-14H2,1H3,(H,30,33). The lowest BCUT2D eigenvalue weighted by atomic mass is 10.0. The molecule has 2 saturated heterocycles. The minimum atomic E-state index is -0.0875. The molecule has 2 bridgehead atoms. The van der Waals surface area contributed by atoms with Crippen molar-refractivity contribution in [2.45, 2.75) is 44.2 Å². The first-order valence-electron chi connectivity index (χ1n) is 11.7. The molecule has 0 spiro atoms. The van der Waals surface area contributed by atoms with Crippen LogP contribution >= 0.6 is 27.5 Å². The van der Waals surface area contributed by atoms with Crippen molar-refractivity contribution < 1.29 is 9.53 Å². The van der Waals surface area contributed by atoms with Crippen molar-refractivity contribution in [3.63, 3.8) is 0 Å². The molecule has 0 aliphatic carbocycles. The number of hydrogen-bond acceptors (Lipinski definition) is 4. The number of aromatic nitrogens is 2. The molecule has 1 amide bonds. The smallest absolute Gasteiger partial charge is 0.228 e. The molecule has 0 unspecified atom stereocenters. The molecule has 0 atom stereocenters. The van der Waals surface area contributed by atoms with Crippen LogP contribution in [0.1, 0.15) is 31.2 Å². The van der Waals surface area contributed by atoms with E-state index in [1.54, 1.807) is 18.3 Å². The highest BCUT2D eigenvalue weighted by atomic mass is 79.9. The van der Waals surface area contributed by atoms with Crippen LogP contribution in [0.4, 0.5) is 5.69 Å². The first-order chi connectivity index (χ1) is 16.5. The number of nitrogens with zero attached hydrogens (tertiary/aromatic N) is 3. The van der Waals surface area contributed by atoms with Crippen molar-refractivity contribution in [1.29, 1.82) is 0 Å². The number of ether oxygens (including phenoxy) is 1. The summed E-state index contributed by atoms with van der Waals surface area (Å²) in [5.74, 6) is 0.696. The van der Waals surface area contributed by atoms with Crippen LogP contribution in [0.15, 0.2) is 53.1 Å². The number of halogens is 2. The molecule has 178 valence electrons. The number of fused-ring (bicyclic) bond motifs is 2. The van der Waals surface area contributed by atoms with E-state index in [-0.39, 0.29) is 12.3 Å². The van der Waals surface area contributed by atoms with E-state index in [1.165, 1.54) is 25.7 Å². The topological polar surface area (TPSA) is 59.4 Å². The van der Waals surface area contributed by atoms with E-state index in [1.807, 2.05) is 42.1 Å². The summed E-state index contributed by atoms with van der Waals surface area (Å²) >= 11 is 9.56. The summed E-state index contributed by atoms with van der Waals surface area (Å²) in [6, 6.07) is 14.6. The number of nitrogens with one attached hydrogen (secondary N) is 1. The zero-order chi connectivity index (χ0) is 23.7. The number of rotatable bonds is 8. The van der Waals surface area contributed by atoms with Crippen LogP contribution in [0.5, 0.6) is 5.75 Å². The second kappa shape index (κ2) is 10.1. The number of carbonyl (C=O) groups excluding carboxylic acids is 1. The Morgan fingerprint density at radius 2 is 1.85 bits per heavy atom. The van der Waals surface area contributed by atoms with E-state index in [0.717, 1.165) is 45.7 Å². The van der Waals surface area contributed by atoms with Crippen LogP contribution in [-0.2, 0) is 18.3 Å². The Morgan fingerprint density at radius 3 is 2.50 bits per heavy atom. The van der Waals surface area contributed by atoms with Gasteiger partial charge in [0, 0.05) is 41.9 Å². The van der Waals surface area contributed by atoms with Gasteiger partial charge in [-0.15, -0.1) is 0 Å². The summed E-state index contributed by atoms with van der Waals surface area (Å²) in [5.41, 5.74) is 3.42. The maximum Gasteiger partial charge on any atom is 0.228 e. The van der Waals surface area contributed by atoms with Crippen LogP contribution in [0.2, 0.25) is 5.02 Å². The van der Waals surface area contributed by atoms with Crippen molar-refractivity contribution in [1.82, 2.24) is 14.7 Å². The van der Waals surface area contributed by atoms with E-state index in [9.17, 15) is 4.79 Å². The van der Waals surface area contributed by atoms with Crippen molar-refractivity contribution in [2.24, 2.45) is 7.05 Å². The van der Waals surface area contributed by atoms with Gasteiger partial charge in [0.15, 0.2) is 0 Å². The molecule has 2 aromatic carbocycles. The molecule has 1 aromatic heterocycles. The molecular formula is C26H28BrClN4O2. The normalized spacial score (nSPS) is 19.5. The van der Waals surface area contributed by atoms with Gasteiger partial charge in [-0.2, -0.15) is 5.10 Å². The minimum Gasteiger partial charge on any atom is -0.492 e. The van der Waals surface area contributed by atoms with Gasteiger partial charge in [-0.05, 0) is 77.5 Å². The molecule has 1 N–H and O–H groups in total. The van der Waals surface area contributed by atoms with Gasteiger partial charge < -0.3 is 10.1 Å². The summed E-state index contributed by atoms with van der Waals surface area (Å²) < 4.78 is 8.98. The third-order valence-electron chi connectivity index (χ3n) is 6.90. The first kappa shape index (κ1) is 23.4. The Labute approximate surface area is 213 Å². The molecule has 3 heterocycles. The summed E-state index contributed by atoms with van der Waals surface area (Å²) in [4.78, 5) is 15.3. The van der Waals surface area contributed by atoms with Gasteiger partial charge in [0.25, 0.3) is 0 Å². The van der Waals surface area contributed by atoms with Crippen LogP contribution in [-0.4, -0.2) is 45.8 Å². The van der Waals surface area contributed by atoms with Crippen molar-refractivity contribution in [3.05, 3.63) is 63.7 Å². The van der Waals surface area contributed by atoms with E-state index >= 15 is 0 Å². The fourth-order valence-electron chi connectivity index (χ4n) is 5.27. The van der Waals surface area contributed by atoms with Crippen molar-refractivity contribution in [3.8, 4) is 17.0 Å². The lowest BCUT2D eigenvalue weighted by Gasteiger charge is -2.22. The monoisotopic (exact) mass is 542 g/mol. The van der Waals surface area contributed by atoms with Gasteiger partial charge in [0.05, 0.1) is 22.8 Å². The second-order valence-corrected chi connectivity index (χ2v) is 10.4. The predicted octanol–water partition coefficient (Wildman–Crippen LogP) is 5.69. The Kier molecular flexibility index (Phi) is 6.95. The average Bonchev–Trinajstić information content (AvgIpc) is 3.50. The summed E-state index contributed by atoms with van der Waals surface area (Å²) in [7, 11) is 1.90. The van der Waals surface area contributed by atoms with Gasteiger partial charge in [-0.3, -0.25) is 14.4 Å². The molecule has 3 aromatic rings. The first-order valence-corrected chi connectivity index (χ1v) is 12.9. The molecule has 2 aliphatic heterocycles. The highest BCUT2D eigenvalue weighted by Gasteiger charge is 2.38. The zero-order valence-corrected chi connectivity index (χ0v) is 21.5. The average molecular weight is 544 g/mol. The number of benzene rings is 2. The van der Waals surface area contributed by atoms with Crippen molar-refractivity contribution >= 4 is 39.1 Å². The number of aryl methyl sites for hydroxylation is 1. The minimum absolute atomic E-state index is 0.0875. The lowest BCUT2D eigenvalue weighted by Crippen LogP contribution is -2.32. The second-order valence-electron chi connectivity index (χ2n) is 9.08. The number of hydrogen-bond donors (Lipinski definition) is 1. The van der Waals surface area contributed by atoms with E-state index in [4.69, 9.17) is 16.3 Å². The molecule has 2 aliphatic rings. The van der Waals surface area contributed by atoms with E-state index < -0.39 is 0 Å². The Morgan fingerprint density at radius 1 is 1.15 bits per heavy atom. The highest BCUT2D eigenvalue weighted by molar-refractivity contribution is 9.10. The van der Waals surface area contributed by atoms with E-state index in [2.05, 4.69) is 31.2 Å². The number of amides is 1. The SMILES string of the molecule is Cn1ncc(Br)c1-c1cc(NC(=O)Cc2ccc(Cl)cc2)ccc1OCCN1C2CCC1CC2. The van der Waals surface area contributed by atoms with Crippen LogP contribution in [0, 0.1) is 0 Å². The quantitative estimate of drug-likeness (QED) is 0.397.